The molecule has 15 heteroatoms. The van der Waals surface area contributed by atoms with Crippen molar-refractivity contribution < 1.29 is 48.5 Å². The zero-order chi connectivity index (χ0) is 50.1. The summed E-state index contributed by atoms with van der Waals surface area (Å²) in [7, 11) is 3.41. The number of nitrogens with zero attached hydrogens (tertiary/aromatic N) is 4. The summed E-state index contributed by atoms with van der Waals surface area (Å²) >= 11 is 3.45. The van der Waals surface area contributed by atoms with Gasteiger partial charge in [-0.15, -0.1) is 6.58 Å². The van der Waals surface area contributed by atoms with Crippen molar-refractivity contribution in [1.29, 1.82) is 0 Å². The first kappa shape index (κ1) is 53.7. The molecule has 2 saturated carbocycles. The van der Waals surface area contributed by atoms with Crippen LogP contribution in [0, 0.1) is 10.8 Å². The van der Waals surface area contributed by atoms with E-state index in [1.807, 2.05) is 116 Å². The number of hydrogen-bond donors (Lipinski definition) is 2. The summed E-state index contributed by atoms with van der Waals surface area (Å²) in [5, 5.41) is 20.7. The van der Waals surface area contributed by atoms with E-state index in [2.05, 4.69) is 27.5 Å². The van der Waals surface area contributed by atoms with Gasteiger partial charge in [0.1, 0.15) is 22.8 Å². The monoisotopic (exact) mass is 984 g/mol. The topological polar surface area (TPSA) is 194 Å². The fourth-order valence-electron chi connectivity index (χ4n) is 7.37. The van der Waals surface area contributed by atoms with E-state index >= 15 is 0 Å². The normalized spacial score (nSPS) is 16.6. The van der Waals surface area contributed by atoms with E-state index in [1.54, 1.807) is 31.1 Å². The van der Waals surface area contributed by atoms with Gasteiger partial charge in [0.25, 0.3) is 0 Å². The van der Waals surface area contributed by atoms with Gasteiger partial charge in [0, 0.05) is 55.0 Å². The van der Waals surface area contributed by atoms with Gasteiger partial charge in [-0.2, -0.15) is 0 Å². The molecule has 2 fully saturated rings. The number of aliphatic carboxylic acids is 2. The Bertz CT molecular complexity index is 2500. The Morgan fingerprint density at radius 1 is 0.672 bits per heavy atom. The molecule has 2 aromatic carbocycles. The number of halogens is 1. The molecule has 0 spiro atoms. The van der Waals surface area contributed by atoms with Crippen molar-refractivity contribution in [2.75, 3.05) is 14.1 Å². The molecule has 2 aliphatic rings. The molecular formula is C52H65BrN4O10. The number of fused-ring (bicyclic) bond motifs is 2. The molecule has 360 valence electrons. The van der Waals surface area contributed by atoms with Crippen LogP contribution in [0.15, 0.2) is 83.9 Å². The van der Waals surface area contributed by atoms with Crippen molar-refractivity contribution in [3.63, 3.8) is 0 Å². The smallest absolute Gasteiger partial charge is 0.410 e. The summed E-state index contributed by atoms with van der Waals surface area (Å²) < 4.78 is 11.8. The molecule has 2 aromatic heterocycles. The van der Waals surface area contributed by atoms with Gasteiger partial charge in [0.05, 0.1) is 45.3 Å². The van der Waals surface area contributed by atoms with E-state index in [0.717, 1.165) is 43.2 Å². The van der Waals surface area contributed by atoms with Crippen LogP contribution in [0.5, 0.6) is 0 Å². The highest BCUT2D eigenvalue weighted by Crippen LogP contribution is 2.38. The van der Waals surface area contributed by atoms with Gasteiger partial charge in [-0.25, -0.2) is 9.59 Å². The number of Topliss-reactive ketones (excluding diaryl/α,β-unsaturated/α-hetero) is 2. The van der Waals surface area contributed by atoms with Crippen LogP contribution in [-0.4, -0.2) is 91.0 Å². The Morgan fingerprint density at radius 3 is 1.46 bits per heavy atom. The highest BCUT2D eigenvalue weighted by molar-refractivity contribution is 9.10. The molecule has 0 saturated heterocycles. The lowest BCUT2D eigenvalue weighted by molar-refractivity contribution is -0.149. The second-order valence-electron chi connectivity index (χ2n) is 19.3. The highest BCUT2D eigenvalue weighted by Gasteiger charge is 2.40. The molecule has 0 radical (unpaired) electrons. The number of ether oxygens (including phenoxy) is 2. The van der Waals surface area contributed by atoms with E-state index in [-0.39, 0.29) is 29.7 Å². The number of benzene rings is 2. The molecular weight excluding hydrogens is 920 g/mol. The quantitative estimate of drug-likeness (QED) is 0.151. The van der Waals surface area contributed by atoms with Gasteiger partial charge < -0.3 is 29.5 Å². The maximum atomic E-state index is 12.4. The maximum Gasteiger partial charge on any atom is 0.410 e. The average Bonchev–Trinajstić information content (AvgIpc) is 3.26. The number of carbonyl (C=O) groups excluding carboxylic acids is 4. The van der Waals surface area contributed by atoms with Gasteiger partial charge in [-0.05, 0) is 117 Å². The number of ketones is 2. The highest BCUT2D eigenvalue weighted by atomic mass is 79.9. The van der Waals surface area contributed by atoms with Gasteiger partial charge in [-0.3, -0.25) is 29.1 Å². The molecule has 2 N–H and O–H groups in total. The summed E-state index contributed by atoms with van der Waals surface area (Å²) in [6.07, 6.45) is 7.00. The van der Waals surface area contributed by atoms with Crippen molar-refractivity contribution in [3.05, 3.63) is 101 Å². The van der Waals surface area contributed by atoms with Crippen LogP contribution < -0.4 is 0 Å². The number of rotatable bonds is 9. The van der Waals surface area contributed by atoms with E-state index in [0.29, 0.717) is 51.4 Å². The third-order valence-corrected chi connectivity index (χ3v) is 12.5. The number of carbonyl (C=O) groups is 6. The molecule has 6 rings (SSSR count). The third-order valence-electron chi connectivity index (χ3n) is 12.0. The number of carboxylic acid groups (broad SMARTS) is 2. The molecule has 2 heterocycles. The number of amides is 2. The van der Waals surface area contributed by atoms with Crippen LogP contribution in [0.2, 0.25) is 0 Å². The molecule has 4 aromatic rings. The van der Waals surface area contributed by atoms with Gasteiger partial charge in [0.15, 0.2) is 0 Å². The summed E-state index contributed by atoms with van der Waals surface area (Å²) in [6, 6.07) is 19.1. The van der Waals surface area contributed by atoms with E-state index in [4.69, 9.17) is 19.6 Å². The first-order valence-electron chi connectivity index (χ1n) is 22.4. The summed E-state index contributed by atoms with van der Waals surface area (Å²) in [6.45, 7) is 18.4. The van der Waals surface area contributed by atoms with Gasteiger partial charge >= 0.3 is 24.1 Å². The number of carboxylic acids is 2. The SMILES string of the molecule is C=CC1(C(=O)O)CCC(=O)CC1.C[C@H](c1ccc2ccc(/C=C/C3(C(=O)O)CCC(=O)CC3)cc2n1)N(C)C(=O)OC(C)(C)C.C[C@H](c1ccc2ccc(Br)cc2n1)N(C)C(=O)OC(C)(C)C. The molecule has 14 nitrogen and oxygen atoms in total. The fourth-order valence-corrected chi connectivity index (χ4v) is 7.72. The van der Waals surface area contributed by atoms with Gasteiger partial charge in [0.2, 0.25) is 0 Å². The first-order chi connectivity index (χ1) is 31.2. The van der Waals surface area contributed by atoms with Crippen LogP contribution in [-0.2, 0) is 28.7 Å². The predicted octanol–water partition coefficient (Wildman–Crippen LogP) is 11.7. The molecule has 67 heavy (non-hydrogen) atoms. The minimum absolute atomic E-state index is 0.119. The number of hydrogen-bond acceptors (Lipinski definition) is 10. The molecule has 2 amide bonds. The lowest BCUT2D eigenvalue weighted by Gasteiger charge is -2.29. The lowest BCUT2D eigenvalue weighted by atomic mass is 9.73. The maximum absolute atomic E-state index is 12.4. The van der Waals surface area contributed by atoms with Crippen molar-refractivity contribution in [2.45, 2.75) is 130 Å². The van der Waals surface area contributed by atoms with Gasteiger partial charge in [-0.1, -0.05) is 64.5 Å². The van der Waals surface area contributed by atoms with Crippen LogP contribution in [0.1, 0.15) is 136 Å². The zero-order valence-corrected chi connectivity index (χ0v) is 41.9. The molecule has 2 atom stereocenters. The summed E-state index contributed by atoms with van der Waals surface area (Å²) in [5.74, 6) is -1.47. The first-order valence-corrected chi connectivity index (χ1v) is 23.2. The predicted molar refractivity (Wildman–Crippen MR) is 262 cm³/mol. The van der Waals surface area contributed by atoms with Crippen LogP contribution in [0.3, 0.4) is 0 Å². The Morgan fingerprint density at radius 2 is 1.06 bits per heavy atom. The van der Waals surface area contributed by atoms with Crippen molar-refractivity contribution in [2.24, 2.45) is 10.8 Å². The van der Waals surface area contributed by atoms with Crippen LogP contribution in [0.25, 0.3) is 27.9 Å². The van der Waals surface area contributed by atoms with E-state index < -0.39 is 40.1 Å². The minimum Gasteiger partial charge on any atom is -0.481 e. The van der Waals surface area contributed by atoms with E-state index in [1.165, 1.54) is 11.0 Å². The molecule has 2 aliphatic carbocycles. The van der Waals surface area contributed by atoms with Crippen molar-refractivity contribution >= 4 is 79.5 Å². The fraction of sp³-hybridized carbons (Fsp3) is 0.462. The Balaban J connectivity index is 0.000000246. The second-order valence-corrected chi connectivity index (χ2v) is 20.2. The number of pyridine rings is 2. The Hall–Kier alpha value is -5.96. The zero-order valence-electron chi connectivity index (χ0n) is 40.4. The summed E-state index contributed by atoms with van der Waals surface area (Å²) in [5.41, 5.74) is 1.10. The van der Waals surface area contributed by atoms with Crippen molar-refractivity contribution in [1.82, 2.24) is 19.8 Å². The largest absolute Gasteiger partial charge is 0.481 e. The second kappa shape index (κ2) is 22.2. The lowest BCUT2D eigenvalue weighted by Crippen LogP contribution is -2.36. The molecule has 0 bridgehead atoms. The van der Waals surface area contributed by atoms with Crippen molar-refractivity contribution in [3.8, 4) is 0 Å². The standard InChI is InChI=1S/C26H32N2O5.C17H21BrN2O2.C9H12O3/c1-17(28(5)24(32)33-25(2,3)4)21-9-8-19-7-6-18(16-22(19)27-21)10-13-26(23(30)31)14-11-20(29)12-15-26;1-11(20(5)16(21)22-17(2,3)4)14-9-7-12-6-8-13(18)10-15(12)19-14;1-2-9(8(11)12)5-3-7(10)4-6-9/h6-10,13,16-17H,11-12,14-15H2,1-5H3,(H,30,31);6-11H,1-5H3;2H,1,3-6H2,(H,11,12)/b13-10+;;/t17-;11-;/m11./s1. The van der Waals surface area contributed by atoms with E-state index in [9.17, 15) is 33.9 Å². The molecule has 0 unspecified atom stereocenters. The Labute approximate surface area is 401 Å². The third kappa shape index (κ3) is 14.8. The summed E-state index contributed by atoms with van der Waals surface area (Å²) in [4.78, 5) is 82.3. The average molecular weight is 986 g/mol. The van der Waals surface area contributed by atoms with Crippen LogP contribution in [0.4, 0.5) is 9.59 Å². The van der Waals surface area contributed by atoms with Crippen LogP contribution >= 0.6 is 15.9 Å². The Kier molecular flexibility index (Phi) is 17.8. The minimum atomic E-state index is -1.01. The molecule has 0 aliphatic heterocycles. The number of aromatic nitrogens is 2.